The maximum Gasteiger partial charge on any atom is 0.188 e. The average Bonchev–Trinajstić information content (AvgIpc) is 2.86. The van der Waals surface area contributed by atoms with Crippen LogP contribution >= 0.6 is 24.0 Å². The van der Waals surface area contributed by atoms with Crippen LogP contribution in [0.1, 0.15) is 32.5 Å². The number of nitrogens with two attached hydrogens (primary N) is 1. The van der Waals surface area contributed by atoms with Crippen molar-refractivity contribution in [2.75, 3.05) is 13.1 Å². The number of aryl methyl sites for hydroxylation is 1. The van der Waals surface area contributed by atoms with Crippen LogP contribution in [0.5, 0.6) is 0 Å². The van der Waals surface area contributed by atoms with Gasteiger partial charge in [-0.05, 0) is 30.9 Å². The Hall–Kier alpha value is -1.38. The van der Waals surface area contributed by atoms with Crippen molar-refractivity contribution in [1.82, 2.24) is 19.9 Å². The van der Waals surface area contributed by atoms with Crippen LogP contribution in [-0.4, -0.2) is 33.6 Å². The molecule has 22 heavy (non-hydrogen) atoms. The van der Waals surface area contributed by atoms with Gasteiger partial charge in [0.25, 0.3) is 0 Å². The first-order valence-corrected chi connectivity index (χ1v) is 7.49. The van der Waals surface area contributed by atoms with E-state index in [0.717, 1.165) is 37.3 Å². The third kappa shape index (κ3) is 5.78. The summed E-state index contributed by atoms with van der Waals surface area (Å²) in [5.74, 6) is 2.17. The summed E-state index contributed by atoms with van der Waals surface area (Å²) >= 11 is 0. The highest BCUT2D eigenvalue weighted by Gasteiger charge is 2.03. The van der Waals surface area contributed by atoms with Crippen molar-refractivity contribution >= 4 is 35.6 Å². The van der Waals surface area contributed by atoms with Crippen LogP contribution in [0.15, 0.2) is 29.4 Å². The third-order valence-electron chi connectivity index (χ3n) is 3.25. The lowest BCUT2D eigenvalue weighted by molar-refractivity contribution is 0.576. The molecule has 0 fully saturated rings. The minimum atomic E-state index is 0. The number of rotatable bonds is 7. The predicted octanol–water partition coefficient (Wildman–Crippen LogP) is 2.23. The number of halogens is 1. The molecule has 0 saturated carbocycles. The molecule has 0 aliphatic rings. The number of guanidine groups is 1. The minimum Gasteiger partial charge on any atom is -0.370 e. The Morgan fingerprint density at radius 3 is 2.95 bits per heavy atom. The third-order valence-corrected chi connectivity index (χ3v) is 3.25. The summed E-state index contributed by atoms with van der Waals surface area (Å²) in [6, 6.07) is 5.89. The number of hydrogen-bond acceptors (Lipinski definition) is 3. The van der Waals surface area contributed by atoms with E-state index < -0.39 is 0 Å². The minimum absolute atomic E-state index is 0. The van der Waals surface area contributed by atoms with Crippen LogP contribution in [0.25, 0.3) is 5.65 Å². The number of fused-ring (bicyclic) bond motifs is 1. The van der Waals surface area contributed by atoms with Crippen molar-refractivity contribution in [1.29, 1.82) is 0 Å². The zero-order valence-electron chi connectivity index (χ0n) is 13.2. The van der Waals surface area contributed by atoms with E-state index in [2.05, 4.69) is 34.4 Å². The molecule has 0 amide bonds. The molecule has 0 aliphatic heterocycles. The summed E-state index contributed by atoms with van der Waals surface area (Å²) in [4.78, 5) is 4.33. The van der Waals surface area contributed by atoms with Gasteiger partial charge in [-0.25, -0.2) is 0 Å². The van der Waals surface area contributed by atoms with Gasteiger partial charge in [-0.15, -0.1) is 34.2 Å². The highest BCUT2D eigenvalue weighted by Crippen LogP contribution is 2.05. The first-order valence-electron chi connectivity index (χ1n) is 7.49. The lowest BCUT2D eigenvalue weighted by Crippen LogP contribution is -2.33. The molecule has 3 N–H and O–H groups in total. The van der Waals surface area contributed by atoms with Crippen molar-refractivity contribution in [3.8, 4) is 0 Å². The molecule has 0 unspecified atom stereocenters. The Kier molecular flexibility index (Phi) is 8.15. The van der Waals surface area contributed by atoms with E-state index >= 15 is 0 Å². The van der Waals surface area contributed by atoms with Gasteiger partial charge in [0, 0.05) is 25.7 Å². The van der Waals surface area contributed by atoms with Crippen molar-refractivity contribution in [2.45, 2.75) is 33.1 Å². The summed E-state index contributed by atoms with van der Waals surface area (Å²) < 4.78 is 2.01. The first-order chi connectivity index (χ1) is 10.2. The molecule has 0 bridgehead atoms. The second-order valence-electron chi connectivity index (χ2n) is 5.52. The molecule has 0 aliphatic carbocycles. The van der Waals surface area contributed by atoms with Gasteiger partial charge in [0.15, 0.2) is 11.6 Å². The van der Waals surface area contributed by atoms with E-state index in [1.54, 1.807) is 0 Å². The van der Waals surface area contributed by atoms with Gasteiger partial charge in [0.05, 0.1) is 0 Å². The SMILES string of the molecule is CC(C)CCNC(N)=NCCCc1nnc2ccccn12.I. The maximum absolute atomic E-state index is 5.82. The fraction of sp³-hybridized carbons (Fsp3) is 0.533. The van der Waals surface area contributed by atoms with E-state index in [9.17, 15) is 0 Å². The normalized spacial score (nSPS) is 11.7. The largest absolute Gasteiger partial charge is 0.370 e. The fourth-order valence-electron chi connectivity index (χ4n) is 2.04. The second kappa shape index (κ2) is 9.60. The standard InChI is InChI=1S/C15H24N6.HI/c1-12(2)8-10-18-15(16)17-9-5-7-14-20-19-13-6-3-4-11-21(13)14;/h3-4,6,11-12H,5,7-10H2,1-2H3,(H3,16,17,18);1H. The highest BCUT2D eigenvalue weighted by molar-refractivity contribution is 14.0. The van der Waals surface area contributed by atoms with Gasteiger partial charge in [0.1, 0.15) is 5.82 Å². The molecule has 6 nitrogen and oxygen atoms in total. The number of pyridine rings is 1. The van der Waals surface area contributed by atoms with Crippen LogP contribution in [0.2, 0.25) is 0 Å². The van der Waals surface area contributed by atoms with Crippen LogP contribution in [-0.2, 0) is 6.42 Å². The molecule has 0 atom stereocenters. The Morgan fingerprint density at radius 1 is 1.36 bits per heavy atom. The summed E-state index contributed by atoms with van der Waals surface area (Å²) in [5, 5.41) is 11.5. The molecule has 2 aromatic heterocycles. The maximum atomic E-state index is 5.82. The van der Waals surface area contributed by atoms with Crippen molar-refractivity contribution in [2.24, 2.45) is 16.6 Å². The number of hydrogen-bond donors (Lipinski definition) is 2. The summed E-state index contributed by atoms with van der Waals surface area (Å²) in [6.45, 7) is 5.96. The Balaban J connectivity index is 0.00000242. The van der Waals surface area contributed by atoms with Crippen LogP contribution in [0, 0.1) is 5.92 Å². The van der Waals surface area contributed by atoms with E-state index in [1.807, 2.05) is 28.8 Å². The van der Waals surface area contributed by atoms with E-state index in [-0.39, 0.29) is 24.0 Å². The smallest absolute Gasteiger partial charge is 0.188 e. The molecule has 0 aromatic carbocycles. The van der Waals surface area contributed by atoms with E-state index in [1.165, 1.54) is 0 Å². The first kappa shape index (κ1) is 18.7. The van der Waals surface area contributed by atoms with E-state index in [0.29, 0.717) is 18.4 Å². The molecule has 7 heteroatoms. The molecule has 0 saturated heterocycles. The van der Waals surface area contributed by atoms with Gasteiger partial charge in [0.2, 0.25) is 0 Å². The predicted molar refractivity (Wildman–Crippen MR) is 101 cm³/mol. The number of nitrogens with one attached hydrogen (secondary N) is 1. The molecule has 2 rings (SSSR count). The van der Waals surface area contributed by atoms with Crippen molar-refractivity contribution in [3.05, 3.63) is 30.2 Å². The van der Waals surface area contributed by atoms with Gasteiger partial charge in [-0.2, -0.15) is 0 Å². The molecule has 2 heterocycles. The lowest BCUT2D eigenvalue weighted by atomic mass is 10.1. The second-order valence-corrected chi connectivity index (χ2v) is 5.52. The molecular weight excluding hydrogens is 391 g/mol. The zero-order chi connectivity index (χ0) is 15.1. The molecule has 2 aromatic rings. The zero-order valence-corrected chi connectivity index (χ0v) is 15.5. The summed E-state index contributed by atoms with van der Waals surface area (Å²) in [5.41, 5.74) is 6.70. The van der Waals surface area contributed by atoms with Crippen molar-refractivity contribution < 1.29 is 0 Å². The Bertz CT molecular complexity index is 592. The van der Waals surface area contributed by atoms with Crippen LogP contribution in [0.3, 0.4) is 0 Å². The number of aliphatic imine (C=N–C) groups is 1. The topological polar surface area (TPSA) is 80.6 Å². The summed E-state index contributed by atoms with van der Waals surface area (Å²) in [7, 11) is 0. The van der Waals surface area contributed by atoms with Crippen LogP contribution < -0.4 is 11.1 Å². The highest BCUT2D eigenvalue weighted by atomic mass is 127. The number of nitrogens with zero attached hydrogens (tertiary/aromatic N) is 4. The van der Waals surface area contributed by atoms with Crippen LogP contribution in [0.4, 0.5) is 0 Å². The fourth-order valence-corrected chi connectivity index (χ4v) is 2.04. The van der Waals surface area contributed by atoms with Crippen molar-refractivity contribution in [3.63, 3.8) is 0 Å². The lowest BCUT2D eigenvalue weighted by Gasteiger charge is -2.07. The molecule has 0 spiro atoms. The Morgan fingerprint density at radius 2 is 2.18 bits per heavy atom. The average molecular weight is 416 g/mol. The Labute approximate surface area is 148 Å². The molecular formula is C15H25IN6. The van der Waals surface area contributed by atoms with Gasteiger partial charge < -0.3 is 11.1 Å². The van der Waals surface area contributed by atoms with Gasteiger partial charge in [-0.1, -0.05) is 19.9 Å². The monoisotopic (exact) mass is 416 g/mol. The number of aromatic nitrogens is 3. The van der Waals surface area contributed by atoms with Gasteiger partial charge >= 0.3 is 0 Å². The molecule has 122 valence electrons. The van der Waals surface area contributed by atoms with Gasteiger partial charge in [-0.3, -0.25) is 9.39 Å². The van der Waals surface area contributed by atoms with E-state index in [4.69, 9.17) is 5.73 Å². The summed E-state index contributed by atoms with van der Waals surface area (Å²) in [6.07, 6.45) is 4.83. The molecule has 0 radical (unpaired) electrons. The quantitative estimate of drug-likeness (QED) is 0.314.